The molecule has 4 nitrogen and oxygen atoms in total. The van der Waals surface area contributed by atoms with Gasteiger partial charge in [-0.3, -0.25) is 0 Å². The highest BCUT2D eigenvalue weighted by Crippen LogP contribution is 2.18. The smallest absolute Gasteiger partial charge is 0.161 e. The molecular weight excluding hydrogens is 334 g/mol. The fourth-order valence-electron chi connectivity index (χ4n) is 2.63. The van der Waals surface area contributed by atoms with Gasteiger partial charge in [-0.2, -0.15) is 0 Å². The van der Waals surface area contributed by atoms with E-state index in [1.165, 1.54) is 37.8 Å². The van der Waals surface area contributed by atoms with Crippen LogP contribution in [-0.2, 0) is 13.6 Å². The first-order valence-corrected chi connectivity index (χ1v) is 13.1. The summed E-state index contributed by atoms with van der Waals surface area (Å²) in [5.74, 6) is 0.793. The molecule has 0 aromatic rings. The largest absolute Gasteiger partial charge is 0.424 e. The summed E-state index contributed by atoms with van der Waals surface area (Å²) in [6.07, 6.45) is 10.0. The van der Waals surface area contributed by atoms with Crippen molar-refractivity contribution in [3.8, 4) is 0 Å². The number of rotatable bonds is 13. The van der Waals surface area contributed by atoms with E-state index >= 15 is 0 Å². The Kier molecular flexibility index (Phi) is 21.1. The Morgan fingerprint density at radius 1 is 1.00 bits per heavy atom. The minimum atomic E-state index is -0.213. The van der Waals surface area contributed by atoms with Crippen LogP contribution in [0.1, 0.15) is 46.5 Å². The molecule has 1 saturated heterocycles. The second-order valence-electron chi connectivity index (χ2n) is 6.03. The molecule has 1 rings (SSSR count). The van der Waals surface area contributed by atoms with E-state index in [1.807, 2.05) is 0 Å². The van der Waals surface area contributed by atoms with Gasteiger partial charge in [0.15, 0.2) is 19.5 Å². The summed E-state index contributed by atoms with van der Waals surface area (Å²) < 4.78 is 16.0. The van der Waals surface area contributed by atoms with E-state index < -0.39 is 0 Å². The van der Waals surface area contributed by atoms with E-state index in [0.717, 1.165) is 45.4 Å². The Morgan fingerprint density at radius 2 is 1.54 bits per heavy atom. The predicted molar refractivity (Wildman–Crippen MR) is 110 cm³/mol. The Labute approximate surface area is 155 Å². The molecule has 0 aromatic heterocycles. The van der Waals surface area contributed by atoms with Crippen LogP contribution in [0.5, 0.6) is 0 Å². The van der Waals surface area contributed by atoms with E-state index in [0.29, 0.717) is 0 Å². The normalized spacial score (nSPS) is 17.0. The van der Waals surface area contributed by atoms with Crippen LogP contribution in [0.25, 0.3) is 0 Å². The van der Waals surface area contributed by atoms with Crippen molar-refractivity contribution in [1.82, 2.24) is 5.32 Å². The fraction of sp³-hybridized carbons (Fsp3) is 0.889. The first-order chi connectivity index (χ1) is 11.8. The van der Waals surface area contributed by atoms with Crippen LogP contribution in [-0.4, -0.2) is 59.0 Å². The van der Waals surface area contributed by atoms with Gasteiger partial charge in [0.05, 0.1) is 13.2 Å². The zero-order chi connectivity index (χ0) is 17.7. The van der Waals surface area contributed by atoms with E-state index in [1.54, 1.807) is 0 Å². The van der Waals surface area contributed by atoms with Gasteiger partial charge in [0.1, 0.15) is 0 Å². The van der Waals surface area contributed by atoms with Crippen molar-refractivity contribution in [1.29, 1.82) is 0 Å². The number of ether oxygens (including phenoxy) is 1. The van der Waals surface area contributed by atoms with Gasteiger partial charge in [0.2, 0.25) is 0 Å². The molecule has 1 fully saturated rings. The Bertz CT molecular complexity index is 239. The average Bonchev–Trinajstić information content (AvgIpc) is 2.63. The maximum atomic E-state index is 5.51. The number of morpholine rings is 1. The molecular formula is C18H41NO3Si2. The first-order valence-electron chi connectivity index (χ1n) is 9.91. The lowest BCUT2D eigenvalue weighted by Crippen LogP contribution is -2.30. The highest BCUT2D eigenvalue weighted by Gasteiger charge is 2.04. The maximum Gasteiger partial charge on any atom is 0.161 e. The first kappa shape index (κ1) is 24.0. The summed E-state index contributed by atoms with van der Waals surface area (Å²) >= 11 is 0. The lowest BCUT2D eigenvalue weighted by molar-refractivity contribution is 0.109. The van der Waals surface area contributed by atoms with Gasteiger partial charge in [0.25, 0.3) is 0 Å². The zero-order valence-corrected chi connectivity index (χ0v) is 19.2. The second-order valence-corrected chi connectivity index (χ2v) is 9.08. The lowest BCUT2D eigenvalue weighted by Gasteiger charge is -2.12. The van der Waals surface area contributed by atoms with Crippen LogP contribution in [0.4, 0.5) is 0 Å². The lowest BCUT2D eigenvalue weighted by atomic mass is 9.98. The molecule has 0 atom stereocenters. The van der Waals surface area contributed by atoms with Gasteiger partial charge in [-0.15, -0.1) is 0 Å². The molecule has 0 bridgehead atoms. The van der Waals surface area contributed by atoms with Crippen LogP contribution in [0, 0.1) is 5.92 Å². The highest BCUT2D eigenvalue weighted by atomic mass is 28.2. The topological polar surface area (TPSA) is 39.7 Å². The molecule has 144 valence electrons. The Morgan fingerprint density at radius 3 is 1.88 bits per heavy atom. The summed E-state index contributed by atoms with van der Waals surface area (Å²) in [5, 5.41) is 3.16. The molecule has 0 unspecified atom stereocenters. The number of nitrogens with one attached hydrogen (secondary N) is 1. The third-order valence-corrected chi connectivity index (χ3v) is 6.92. The number of hydrogen-bond acceptors (Lipinski definition) is 4. The van der Waals surface area contributed by atoms with E-state index in [-0.39, 0.29) is 19.5 Å². The van der Waals surface area contributed by atoms with Crippen molar-refractivity contribution >= 4 is 19.5 Å². The summed E-state index contributed by atoms with van der Waals surface area (Å²) in [6.45, 7) is 12.0. The van der Waals surface area contributed by atoms with E-state index in [4.69, 9.17) is 13.6 Å². The molecule has 24 heavy (non-hydrogen) atoms. The van der Waals surface area contributed by atoms with Gasteiger partial charge in [-0.05, 0) is 51.6 Å². The molecule has 1 aliphatic heterocycles. The maximum absolute atomic E-state index is 5.51. The van der Waals surface area contributed by atoms with Crippen LogP contribution in [0.3, 0.4) is 0 Å². The van der Waals surface area contributed by atoms with Gasteiger partial charge in [0, 0.05) is 26.3 Å². The average molecular weight is 376 g/mol. The molecule has 0 radical (unpaired) electrons. The van der Waals surface area contributed by atoms with E-state index in [2.05, 4.69) is 38.2 Å². The second kappa shape index (κ2) is 21.1. The van der Waals surface area contributed by atoms with Crippen molar-refractivity contribution in [2.45, 2.75) is 58.5 Å². The summed E-state index contributed by atoms with van der Waals surface area (Å²) in [4.78, 5) is 0. The molecule has 6 heteroatoms. The van der Waals surface area contributed by atoms with E-state index in [9.17, 15) is 0 Å². The van der Waals surface area contributed by atoms with Crippen molar-refractivity contribution < 1.29 is 13.6 Å². The van der Waals surface area contributed by atoms with Gasteiger partial charge >= 0.3 is 0 Å². The minimum absolute atomic E-state index is 0.213. The third kappa shape index (κ3) is 18.4. The van der Waals surface area contributed by atoms with Crippen LogP contribution >= 0.6 is 0 Å². The van der Waals surface area contributed by atoms with Crippen LogP contribution in [0.15, 0.2) is 12.2 Å². The van der Waals surface area contributed by atoms with Crippen molar-refractivity contribution in [2.75, 3.05) is 39.5 Å². The number of hydrogen-bond donors (Lipinski definition) is 1. The molecule has 0 amide bonds. The molecule has 1 N–H and O–H groups in total. The van der Waals surface area contributed by atoms with Gasteiger partial charge in [-0.1, -0.05) is 25.0 Å². The van der Waals surface area contributed by atoms with Crippen LogP contribution < -0.4 is 5.32 Å². The minimum Gasteiger partial charge on any atom is -0.424 e. The summed E-state index contributed by atoms with van der Waals surface area (Å²) in [7, 11) is -0.427. The summed E-state index contributed by atoms with van der Waals surface area (Å²) in [6, 6.07) is 2.69. The van der Waals surface area contributed by atoms with Crippen molar-refractivity contribution in [3.63, 3.8) is 0 Å². The Hall–Kier alpha value is 0.0138. The van der Waals surface area contributed by atoms with Crippen LogP contribution in [0.2, 0.25) is 12.1 Å². The fourth-order valence-corrected chi connectivity index (χ4v) is 4.61. The predicted octanol–water partition coefficient (Wildman–Crippen LogP) is 2.42. The molecule has 0 aromatic carbocycles. The molecule has 1 aliphatic rings. The quantitative estimate of drug-likeness (QED) is 0.305. The van der Waals surface area contributed by atoms with Gasteiger partial charge < -0.3 is 18.9 Å². The molecule has 0 saturated carbocycles. The Balaban J connectivity index is 0.000000728. The third-order valence-electron chi connectivity index (χ3n) is 3.95. The SMILES string of the molecule is C/C=C\C(CCC[SiH2]OCC)CCC[SiH2]OCC.C1COCCN1. The standard InChI is InChI=1S/C14H32O2Si2.C4H9NO/c1-4-9-14(10-7-12-17-15-5-2)11-8-13-18-16-6-3;1-3-6-4-2-5-1/h4,9,14H,5-8,10-13,17-18H2,1-3H3;5H,1-4H2/b9-4-;. The highest BCUT2D eigenvalue weighted by molar-refractivity contribution is 6.27. The molecule has 0 spiro atoms. The van der Waals surface area contributed by atoms with Gasteiger partial charge in [-0.25, -0.2) is 0 Å². The number of allylic oxidation sites excluding steroid dienone is 2. The monoisotopic (exact) mass is 375 g/mol. The molecule has 1 heterocycles. The molecule has 0 aliphatic carbocycles. The van der Waals surface area contributed by atoms with Crippen molar-refractivity contribution in [3.05, 3.63) is 12.2 Å². The zero-order valence-electron chi connectivity index (χ0n) is 16.4. The summed E-state index contributed by atoms with van der Waals surface area (Å²) in [5.41, 5.74) is 0. The van der Waals surface area contributed by atoms with Crippen molar-refractivity contribution in [2.24, 2.45) is 5.92 Å².